The molecular formula is C39H62N8O19S. The normalized spacial score (nSPS) is 26.7. The van der Waals surface area contributed by atoms with Gasteiger partial charge < -0.3 is 79.9 Å². The van der Waals surface area contributed by atoms with Gasteiger partial charge in [0.25, 0.3) is 0 Å². The van der Waals surface area contributed by atoms with E-state index in [1.165, 1.54) is 9.36 Å². The Kier molecular flexibility index (Phi) is 23.0. The smallest absolute Gasteiger partial charge is 0.335 e. The van der Waals surface area contributed by atoms with Crippen LogP contribution in [0, 0.1) is 5.92 Å². The number of amides is 1. The number of nitrogens with zero attached hydrogens (tertiary/aromatic N) is 6. The van der Waals surface area contributed by atoms with Gasteiger partial charge in [-0.25, -0.2) is 19.0 Å². The number of carbonyl (C=O) groups excluding carboxylic acids is 3. The summed E-state index contributed by atoms with van der Waals surface area (Å²) >= 11 is 1.59. The number of nitrogens with one attached hydrogen (secondary N) is 2. The molecule has 2 aliphatic rings. The zero-order valence-corrected chi connectivity index (χ0v) is 38.0. The van der Waals surface area contributed by atoms with Gasteiger partial charge in [-0.05, 0) is 25.5 Å². The monoisotopic (exact) mass is 978 g/mol. The van der Waals surface area contributed by atoms with Crippen molar-refractivity contribution in [1.82, 2.24) is 40.6 Å². The quantitative estimate of drug-likeness (QED) is 0.0316. The number of aromatic nitrogens is 6. The molecule has 27 nitrogen and oxygen atoms in total. The first-order valence-electron chi connectivity index (χ1n) is 21.5. The number of aliphatic hydroxyl groups excluding tert-OH is 6. The summed E-state index contributed by atoms with van der Waals surface area (Å²) in [7, 11) is 1.60. The van der Waals surface area contributed by atoms with Crippen LogP contribution in [0.25, 0.3) is 0 Å². The topological polar surface area (TPSA) is 388 Å². The van der Waals surface area contributed by atoms with Crippen LogP contribution in [-0.2, 0) is 78.3 Å². The zero-order chi connectivity index (χ0) is 49.2. The molecule has 4 rings (SSSR count). The molecule has 13 atom stereocenters. The summed E-state index contributed by atoms with van der Waals surface area (Å²) < 4.78 is 34.7. The molecular weight excluding hydrogens is 917 g/mol. The fourth-order valence-corrected chi connectivity index (χ4v) is 7.32. The van der Waals surface area contributed by atoms with Gasteiger partial charge in [0, 0.05) is 44.0 Å². The van der Waals surface area contributed by atoms with Gasteiger partial charge in [-0.3, -0.25) is 14.4 Å². The van der Waals surface area contributed by atoms with Gasteiger partial charge in [-0.15, -0.1) is 10.2 Å². The molecule has 6 unspecified atom stereocenters. The standard InChI is InChI=1S/C39H62N8O19S/c1-20(15-26(49)23(40-2)16-21-18-46(44-42-21)6-8-61-10-12-63-38-31(54)27(50)29(52)33(65-38)36(57)58)35(56)41-24(25(48)5-4-14-67-3)17-22-19-47(45-43-22)7-9-62-11-13-64-39-32(55)28(51)30(53)34(66-39)37(59)60/h18-20,23-24,27-34,38-40,50-55H,4-17H2,1-3H3,(H,41,56)(H,57,58)(H,59,60)/t20-,23+,24+,27+,28+,29?,30?,31+,32+,33?,34?,38?,39?/m1/s1. The van der Waals surface area contributed by atoms with Crippen LogP contribution in [0.2, 0.25) is 0 Å². The summed E-state index contributed by atoms with van der Waals surface area (Å²) in [6, 6.07) is -1.65. The molecule has 0 bridgehead atoms. The number of rotatable bonds is 31. The predicted octanol–water partition coefficient (Wildman–Crippen LogP) is -5.11. The lowest BCUT2D eigenvalue weighted by molar-refractivity contribution is -0.295. The number of ether oxygens (including phenoxy) is 6. The van der Waals surface area contributed by atoms with Crippen molar-refractivity contribution >= 4 is 41.2 Å². The minimum atomic E-state index is -1.84. The van der Waals surface area contributed by atoms with Crippen molar-refractivity contribution in [2.45, 2.75) is 126 Å². The molecule has 28 heteroatoms. The predicted molar refractivity (Wildman–Crippen MR) is 226 cm³/mol. The molecule has 67 heavy (non-hydrogen) atoms. The van der Waals surface area contributed by atoms with Crippen LogP contribution in [0.1, 0.15) is 37.6 Å². The fraction of sp³-hybridized carbons (Fsp3) is 0.769. The van der Waals surface area contributed by atoms with Gasteiger partial charge in [0.2, 0.25) is 5.91 Å². The lowest BCUT2D eigenvalue weighted by Gasteiger charge is -2.38. The van der Waals surface area contributed by atoms with Crippen molar-refractivity contribution in [2.75, 3.05) is 58.7 Å². The van der Waals surface area contributed by atoms with E-state index in [1.54, 1.807) is 38.1 Å². The molecule has 2 aliphatic heterocycles. The van der Waals surface area contributed by atoms with Crippen LogP contribution >= 0.6 is 11.8 Å². The fourth-order valence-electron chi connectivity index (χ4n) is 6.89. The molecule has 0 aromatic carbocycles. The molecule has 1 amide bonds. The minimum absolute atomic E-state index is 0.00643. The Hall–Kier alpha value is -4.14. The summed E-state index contributed by atoms with van der Waals surface area (Å²) in [6.45, 7) is 2.09. The van der Waals surface area contributed by atoms with Crippen LogP contribution in [0.15, 0.2) is 12.4 Å². The molecule has 0 radical (unpaired) electrons. The minimum Gasteiger partial charge on any atom is -0.479 e. The van der Waals surface area contributed by atoms with Crippen molar-refractivity contribution in [3.8, 4) is 0 Å². The summed E-state index contributed by atoms with van der Waals surface area (Å²) in [5, 5.41) is 100. The molecule has 4 heterocycles. The van der Waals surface area contributed by atoms with Crippen LogP contribution in [0.3, 0.4) is 0 Å². The number of hydrogen-bond donors (Lipinski definition) is 10. The van der Waals surface area contributed by atoms with E-state index in [2.05, 4.69) is 31.3 Å². The number of carboxylic acid groups (broad SMARTS) is 2. The van der Waals surface area contributed by atoms with E-state index in [1.807, 2.05) is 6.26 Å². The number of likely N-dealkylation sites (N-methyl/N-ethyl adjacent to an activating group) is 1. The van der Waals surface area contributed by atoms with Gasteiger partial charge in [0.05, 0.1) is 76.2 Å². The van der Waals surface area contributed by atoms with Gasteiger partial charge in [0.1, 0.15) is 36.6 Å². The number of carboxylic acids is 2. The molecule has 0 spiro atoms. The molecule has 2 saturated heterocycles. The zero-order valence-electron chi connectivity index (χ0n) is 37.2. The number of hydrogen-bond acceptors (Lipinski definition) is 23. The molecule has 0 aliphatic carbocycles. The average molecular weight is 979 g/mol. The van der Waals surface area contributed by atoms with E-state index in [0.29, 0.717) is 17.8 Å². The van der Waals surface area contributed by atoms with Crippen LogP contribution in [0.4, 0.5) is 0 Å². The highest BCUT2D eigenvalue weighted by atomic mass is 32.2. The first kappa shape index (κ1) is 55.5. The Morgan fingerprint density at radius 2 is 1.18 bits per heavy atom. The summed E-state index contributed by atoms with van der Waals surface area (Å²) in [5.41, 5.74) is 0.907. The van der Waals surface area contributed by atoms with Crippen LogP contribution in [-0.4, -0.2) is 232 Å². The molecule has 378 valence electrons. The highest BCUT2D eigenvalue weighted by Gasteiger charge is 2.48. The van der Waals surface area contributed by atoms with Crippen molar-refractivity contribution in [3.63, 3.8) is 0 Å². The number of thioether (sulfide) groups is 1. The van der Waals surface area contributed by atoms with Crippen molar-refractivity contribution < 1.29 is 93.2 Å². The van der Waals surface area contributed by atoms with Crippen LogP contribution in [0.5, 0.6) is 0 Å². The lowest BCUT2D eigenvalue weighted by atomic mass is 9.96. The number of Topliss-reactive ketones (excluding diaryl/α,β-unsaturated/α-hetero) is 2. The largest absolute Gasteiger partial charge is 0.479 e. The summed E-state index contributed by atoms with van der Waals surface area (Å²) in [5.74, 6) is -4.08. The van der Waals surface area contributed by atoms with E-state index in [0.717, 1.165) is 5.75 Å². The maximum Gasteiger partial charge on any atom is 0.335 e. The Labute approximate surface area is 388 Å². The Morgan fingerprint density at radius 1 is 0.701 bits per heavy atom. The lowest BCUT2D eigenvalue weighted by Crippen LogP contribution is -2.60. The molecule has 2 fully saturated rings. The number of carbonyl (C=O) groups is 5. The van der Waals surface area contributed by atoms with Crippen molar-refractivity contribution in [3.05, 3.63) is 23.8 Å². The van der Waals surface area contributed by atoms with Crippen molar-refractivity contribution in [1.29, 1.82) is 0 Å². The second-order valence-corrected chi connectivity index (χ2v) is 16.8. The van der Waals surface area contributed by atoms with Gasteiger partial charge >= 0.3 is 11.9 Å². The van der Waals surface area contributed by atoms with Gasteiger partial charge in [-0.1, -0.05) is 17.4 Å². The number of aliphatic hydroxyl groups is 6. The molecule has 10 N–H and O–H groups in total. The molecule has 2 aromatic heterocycles. The molecule has 2 aromatic rings. The third kappa shape index (κ3) is 16.8. The molecule has 0 saturated carbocycles. The van der Waals surface area contributed by atoms with E-state index >= 15 is 0 Å². The Balaban J connectivity index is 1.18. The van der Waals surface area contributed by atoms with Gasteiger partial charge in [-0.2, -0.15) is 11.8 Å². The third-order valence-electron chi connectivity index (χ3n) is 10.7. The SMILES string of the molecule is CN[C@@H](Cc1cn(CCOCCOC2OC(C(=O)O)C(O)[C@H](O)[C@@H]2O)nn1)C(=O)C[C@@H](C)C(=O)N[C@@H](Cc1cn(CCOCCOC2OC(C(=O)O)C(O)[C@H](O)[C@@H]2O)nn1)C(=O)CCCSC. The Morgan fingerprint density at radius 3 is 1.63 bits per heavy atom. The highest BCUT2D eigenvalue weighted by molar-refractivity contribution is 7.98. The highest BCUT2D eigenvalue weighted by Crippen LogP contribution is 2.24. The second kappa shape index (κ2) is 27.8. The Bertz CT molecular complexity index is 1880. The van der Waals surface area contributed by atoms with Gasteiger partial charge in [0.15, 0.2) is 36.4 Å². The van der Waals surface area contributed by atoms with E-state index in [-0.39, 0.29) is 90.0 Å². The van der Waals surface area contributed by atoms with E-state index in [4.69, 9.17) is 33.5 Å². The van der Waals surface area contributed by atoms with Crippen LogP contribution < -0.4 is 10.6 Å². The van der Waals surface area contributed by atoms with Crippen molar-refractivity contribution in [2.24, 2.45) is 5.92 Å². The average Bonchev–Trinajstić information content (AvgIpc) is 3.95. The third-order valence-corrected chi connectivity index (χ3v) is 11.4. The summed E-state index contributed by atoms with van der Waals surface area (Å²) in [6.07, 6.45) is -11.2. The maximum absolute atomic E-state index is 13.5. The number of ketones is 2. The number of aliphatic carboxylic acids is 2. The first-order chi connectivity index (χ1) is 31.9. The summed E-state index contributed by atoms with van der Waals surface area (Å²) in [4.78, 5) is 62.8. The van der Waals surface area contributed by atoms with E-state index in [9.17, 15) is 59.7 Å². The van der Waals surface area contributed by atoms with E-state index < -0.39 is 97.3 Å². The second-order valence-electron chi connectivity index (χ2n) is 15.8. The maximum atomic E-state index is 13.5. The first-order valence-corrected chi connectivity index (χ1v) is 22.9.